The van der Waals surface area contributed by atoms with Crippen molar-refractivity contribution in [2.75, 3.05) is 0 Å². The molecule has 10 atom stereocenters. The van der Waals surface area contributed by atoms with E-state index in [4.69, 9.17) is 0 Å². The van der Waals surface area contributed by atoms with Gasteiger partial charge in [-0.05, 0) is 111 Å². The Labute approximate surface area is 171 Å². The van der Waals surface area contributed by atoms with Crippen LogP contribution in [0, 0.1) is 46.3 Å². The molecular weight excluding hydrogens is 348 g/mol. The fourth-order valence-corrected chi connectivity index (χ4v) is 8.79. The van der Waals surface area contributed by atoms with Crippen LogP contribution in [0.2, 0.25) is 0 Å². The van der Waals surface area contributed by atoms with Gasteiger partial charge < -0.3 is 15.0 Å². The van der Waals surface area contributed by atoms with Gasteiger partial charge in [-0.25, -0.2) is 0 Å². The number of aliphatic hydroxyl groups is 2. The first-order valence-corrected chi connectivity index (χ1v) is 12.0. The van der Waals surface area contributed by atoms with Gasteiger partial charge in [0.15, 0.2) is 0 Å². The fourth-order valence-electron chi connectivity index (χ4n) is 8.79. The van der Waals surface area contributed by atoms with Crippen molar-refractivity contribution in [1.29, 1.82) is 0 Å². The number of Topliss-reactive ketones (excluding diaryl/α,β-unsaturated/α-hetero) is 1. The predicted octanol–water partition coefficient (Wildman–Crippen LogP) is 4.98. The maximum Gasteiger partial charge on any atom is 0.129 e. The number of aliphatic hydroxyl groups excluding tert-OH is 2. The average molecular weight is 391 g/mol. The summed E-state index contributed by atoms with van der Waals surface area (Å²) in [5.74, 6) is 4.00. The van der Waals surface area contributed by atoms with E-state index in [9.17, 15) is 15.0 Å². The lowest BCUT2D eigenvalue weighted by molar-refractivity contribution is -0.174. The van der Waals surface area contributed by atoms with Gasteiger partial charge in [0.2, 0.25) is 0 Å². The Bertz CT molecular complexity index is 603. The molecule has 0 heterocycles. The smallest absolute Gasteiger partial charge is 0.129 e. The molecule has 10 unspecified atom stereocenters. The van der Waals surface area contributed by atoms with Crippen molar-refractivity contribution in [2.45, 2.75) is 104 Å². The summed E-state index contributed by atoms with van der Waals surface area (Å²) in [4.78, 5) is 11.5. The summed E-state index contributed by atoms with van der Waals surface area (Å²) >= 11 is 0. The lowest BCUT2D eigenvalue weighted by Crippen LogP contribution is -2.58. The minimum absolute atomic E-state index is 0.0226. The monoisotopic (exact) mass is 390 g/mol. The van der Waals surface area contributed by atoms with E-state index in [2.05, 4.69) is 20.8 Å². The maximum atomic E-state index is 11.5. The molecule has 0 spiro atoms. The number of ketones is 1. The molecule has 3 nitrogen and oxygen atoms in total. The van der Waals surface area contributed by atoms with Crippen molar-refractivity contribution in [2.24, 2.45) is 46.3 Å². The summed E-state index contributed by atoms with van der Waals surface area (Å²) < 4.78 is 0. The second-order valence-corrected chi connectivity index (χ2v) is 11.6. The Morgan fingerprint density at radius 2 is 1.79 bits per heavy atom. The number of carbonyl (C=O) groups is 1. The largest absolute Gasteiger partial charge is 0.393 e. The third kappa shape index (κ3) is 3.11. The maximum absolute atomic E-state index is 11.5. The van der Waals surface area contributed by atoms with E-state index in [0.29, 0.717) is 47.2 Å². The normalized spacial score (nSPS) is 51.7. The molecule has 28 heavy (non-hydrogen) atoms. The van der Waals surface area contributed by atoms with Crippen molar-refractivity contribution in [3.05, 3.63) is 0 Å². The zero-order valence-electron chi connectivity index (χ0n) is 18.5. The second kappa shape index (κ2) is 7.38. The van der Waals surface area contributed by atoms with Gasteiger partial charge in [-0.3, -0.25) is 0 Å². The lowest BCUT2D eigenvalue weighted by atomic mass is 9.43. The Kier molecular flexibility index (Phi) is 5.49. The topological polar surface area (TPSA) is 57.5 Å². The molecule has 0 aromatic carbocycles. The van der Waals surface area contributed by atoms with Crippen LogP contribution in [0.4, 0.5) is 0 Å². The Morgan fingerprint density at radius 1 is 1.04 bits per heavy atom. The first-order valence-electron chi connectivity index (χ1n) is 12.0. The van der Waals surface area contributed by atoms with E-state index in [-0.39, 0.29) is 17.6 Å². The number of fused-ring (bicyclic) bond motifs is 5. The molecule has 0 radical (unpaired) electrons. The zero-order chi connectivity index (χ0) is 20.3. The average Bonchev–Trinajstić information content (AvgIpc) is 3.00. The van der Waals surface area contributed by atoms with Gasteiger partial charge in [-0.15, -0.1) is 0 Å². The first-order chi connectivity index (χ1) is 13.2. The summed E-state index contributed by atoms with van der Waals surface area (Å²) in [5.41, 5.74) is 0.331. The molecule has 4 rings (SSSR count). The van der Waals surface area contributed by atoms with Gasteiger partial charge in [0.25, 0.3) is 0 Å². The lowest BCUT2D eigenvalue weighted by Gasteiger charge is -2.62. The first kappa shape index (κ1) is 20.8. The molecule has 3 heteroatoms. The van der Waals surface area contributed by atoms with Gasteiger partial charge in [-0.2, -0.15) is 0 Å². The van der Waals surface area contributed by atoms with E-state index < -0.39 is 0 Å². The molecule has 4 saturated carbocycles. The highest BCUT2D eigenvalue weighted by molar-refractivity contribution is 5.75. The van der Waals surface area contributed by atoms with E-state index in [1.54, 1.807) is 6.92 Å². The molecule has 0 saturated heterocycles. The molecule has 0 bridgehead atoms. The summed E-state index contributed by atoms with van der Waals surface area (Å²) in [7, 11) is 0. The molecule has 4 aliphatic carbocycles. The number of rotatable bonds is 4. The number of hydrogen-bond donors (Lipinski definition) is 2. The quantitative estimate of drug-likeness (QED) is 0.711. The van der Waals surface area contributed by atoms with E-state index in [1.165, 1.54) is 25.7 Å². The minimum Gasteiger partial charge on any atom is -0.393 e. The van der Waals surface area contributed by atoms with Gasteiger partial charge in [-0.1, -0.05) is 20.8 Å². The van der Waals surface area contributed by atoms with Crippen LogP contribution in [0.5, 0.6) is 0 Å². The van der Waals surface area contributed by atoms with Gasteiger partial charge in [0.05, 0.1) is 12.2 Å². The van der Waals surface area contributed by atoms with E-state index in [0.717, 1.165) is 38.0 Å². The molecule has 2 N–H and O–H groups in total. The Hall–Kier alpha value is -0.410. The molecule has 0 amide bonds. The van der Waals surface area contributed by atoms with Crippen LogP contribution in [0.25, 0.3) is 0 Å². The van der Waals surface area contributed by atoms with Crippen LogP contribution in [-0.2, 0) is 4.79 Å². The third-order valence-electron chi connectivity index (χ3n) is 10.5. The molecule has 0 aromatic heterocycles. The van der Waals surface area contributed by atoms with Crippen molar-refractivity contribution in [1.82, 2.24) is 0 Å². The Morgan fingerprint density at radius 3 is 2.50 bits per heavy atom. The van der Waals surface area contributed by atoms with Gasteiger partial charge >= 0.3 is 0 Å². The van der Waals surface area contributed by atoms with Crippen LogP contribution in [0.1, 0.15) is 91.9 Å². The van der Waals surface area contributed by atoms with Crippen molar-refractivity contribution in [3.63, 3.8) is 0 Å². The second-order valence-electron chi connectivity index (χ2n) is 11.6. The van der Waals surface area contributed by atoms with Crippen LogP contribution >= 0.6 is 0 Å². The SMILES string of the molecule is CC(=O)CCC(C)C1CCC2C3CCC4CC(O)CCC4(C)C3CC(O)C12C. The molecular formula is C25H42O3. The zero-order valence-corrected chi connectivity index (χ0v) is 18.5. The highest BCUT2D eigenvalue weighted by Crippen LogP contribution is 2.68. The standard InChI is InChI=1S/C25H42O3/c1-15(5-6-16(2)26)20-9-10-21-19-8-7-17-13-18(27)11-12-24(17,3)22(19)14-23(28)25(20,21)4/h15,17-23,27-28H,5-14H2,1-4H3. The highest BCUT2D eigenvalue weighted by Gasteiger charge is 2.63. The summed E-state index contributed by atoms with van der Waals surface area (Å²) in [6.07, 6.45) is 10.4. The highest BCUT2D eigenvalue weighted by atomic mass is 16.3. The van der Waals surface area contributed by atoms with Gasteiger partial charge in [0, 0.05) is 6.42 Å². The number of hydrogen-bond acceptors (Lipinski definition) is 3. The molecule has 4 fully saturated rings. The van der Waals surface area contributed by atoms with Crippen molar-refractivity contribution >= 4 is 5.78 Å². The molecule has 4 aliphatic rings. The summed E-state index contributed by atoms with van der Waals surface area (Å²) in [6, 6.07) is 0. The molecule has 0 aliphatic heterocycles. The summed E-state index contributed by atoms with van der Waals surface area (Å²) in [6.45, 7) is 8.89. The number of carbonyl (C=O) groups excluding carboxylic acids is 1. The van der Waals surface area contributed by atoms with E-state index >= 15 is 0 Å². The van der Waals surface area contributed by atoms with Crippen LogP contribution < -0.4 is 0 Å². The van der Waals surface area contributed by atoms with E-state index in [1.807, 2.05) is 0 Å². The third-order valence-corrected chi connectivity index (χ3v) is 10.5. The Balaban J connectivity index is 1.56. The fraction of sp³-hybridized carbons (Fsp3) is 0.960. The minimum atomic E-state index is -0.214. The molecule has 160 valence electrons. The van der Waals surface area contributed by atoms with Crippen LogP contribution in [0.15, 0.2) is 0 Å². The van der Waals surface area contributed by atoms with Crippen molar-refractivity contribution < 1.29 is 15.0 Å². The predicted molar refractivity (Wildman–Crippen MR) is 112 cm³/mol. The van der Waals surface area contributed by atoms with Crippen LogP contribution in [-0.4, -0.2) is 28.2 Å². The summed E-state index contributed by atoms with van der Waals surface area (Å²) in [5, 5.41) is 21.7. The van der Waals surface area contributed by atoms with Crippen LogP contribution in [0.3, 0.4) is 0 Å². The van der Waals surface area contributed by atoms with Gasteiger partial charge in [0.1, 0.15) is 5.78 Å². The molecule has 0 aromatic rings. The van der Waals surface area contributed by atoms with Crippen molar-refractivity contribution in [3.8, 4) is 0 Å².